The number of nitriles is 1. The summed E-state index contributed by atoms with van der Waals surface area (Å²) in [5.74, 6) is -0.489. The highest BCUT2D eigenvalue weighted by atomic mass is 16.5. The first-order valence-electron chi connectivity index (χ1n) is 5.25. The maximum absolute atomic E-state index is 11.4. The molecule has 1 N–H and O–H groups in total. The van der Waals surface area contributed by atoms with Gasteiger partial charge in [-0.15, -0.1) is 0 Å². The Balaban J connectivity index is 2.83. The van der Waals surface area contributed by atoms with Gasteiger partial charge in [-0.2, -0.15) is 5.26 Å². The van der Waals surface area contributed by atoms with Crippen LogP contribution in [0.5, 0.6) is 5.75 Å². The molecule has 0 saturated carbocycles. The molecule has 1 aromatic rings. The number of aromatic hydroxyl groups is 1. The highest BCUT2D eigenvalue weighted by Gasteiger charge is 2.09. The Morgan fingerprint density at radius 3 is 2.65 bits per heavy atom. The molecule has 0 atom stereocenters. The molecule has 4 heteroatoms. The third-order valence-corrected chi connectivity index (χ3v) is 1.98. The van der Waals surface area contributed by atoms with Gasteiger partial charge in [-0.3, -0.25) is 0 Å². The van der Waals surface area contributed by atoms with Gasteiger partial charge in [0.15, 0.2) is 0 Å². The summed E-state index contributed by atoms with van der Waals surface area (Å²) in [7, 11) is 0. The second-order valence-electron chi connectivity index (χ2n) is 3.40. The number of hydrogen-bond acceptors (Lipinski definition) is 4. The van der Waals surface area contributed by atoms with E-state index in [-0.39, 0.29) is 11.3 Å². The Kier molecular flexibility index (Phi) is 4.77. The first kappa shape index (κ1) is 12.8. The van der Waals surface area contributed by atoms with E-state index in [1.807, 2.05) is 6.92 Å². The average molecular weight is 231 g/mol. The van der Waals surface area contributed by atoms with Crippen molar-refractivity contribution < 1.29 is 14.6 Å². The Hall–Kier alpha value is -2.28. The number of phenols is 1. The van der Waals surface area contributed by atoms with Crippen LogP contribution in [0.4, 0.5) is 0 Å². The van der Waals surface area contributed by atoms with Gasteiger partial charge in [0, 0.05) is 0 Å². The number of hydrogen-bond donors (Lipinski definition) is 1. The van der Waals surface area contributed by atoms with Crippen LogP contribution in [0.25, 0.3) is 6.08 Å². The van der Waals surface area contributed by atoms with Crippen molar-refractivity contribution in [3.63, 3.8) is 0 Å². The molecule has 0 radical (unpaired) electrons. The molecule has 0 aliphatic heterocycles. The van der Waals surface area contributed by atoms with Crippen LogP contribution in [-0.4, -0.2) is 17.7 Å². The zero-order valence-corrected chi connectivity index (χ0v) is 9.51. The lowest BCUT2D eigenvalue weighted by Crippen LogP contribution is -2.07. The standard InChI is InChI=1S/C13H13NO3/c1-2-7-17-13(16)11(9-14)8-10-3-5-12(15)6-4-10/h3-6,8,15H,2,7H2,1H3/b11-8+. The van der Waals surface area contributed by atoms with Crippen molar-refractivity contribution in [3.8, 4) is 11.8 Å². The Morgan fingerprint density at radius 1 is 1.47 bits per heavy atom. The monoisotopic (exact) mass is 231 g/mol. The lowest BCUT2D eigenvalue weighted by molar-refractivity contribution is -0.138. The van der Waals surface area contributed by atoms with E-state index < -0.39 is 5.97 Å². The van der Waals surface area contributed by atoms with Gasteiger partial charge in [-0.1, -0.05) is 19.1 Å². The average Bonchev–Trinajstić information content (AvgIpc) is 2.35. The van der Waals surface area contributed by atoms with E-state index in [2.05, 4.69) is 0 Å². The van der Waals surface area contributed by atoms with Crippen molar-refractivity contribution in [3.05, 3.63) is 35.4 Å². The highest BCUT2D eigenvalue weighted by molar-refractivity contribution is 5.97. The number of nitrogens with zero attached hydrogens (tertiary/aromatic N) is 1. The normalized spacial score (nSPS) is 10.7. The summed E-state index contributed by atoms with van der Waals surface area (Å²) in [6.07, 6.45) is 2.14. The maximum Gasteiger partial charge on any atom is 0.348 e. The van der Waals surface area contributed by atoms with Crippen LogP contribution in [0.1, 0.15) is 18.9 Å². The van der Waals surface area contributed by atoms with Crippen LogP contribution in [0.15, 0.2) is 29.8 Å². The Bertz CT molecular complexity index is 455. The van der Waals surface area contributed by atoms with E-state index in [1.54, 1.807) is 18.2 Å². The van der Waals surface area contributed by atoms with Gasteiger partial charge in [-0.25, -0.2) is 4.79 Å². The summed E-state index contributed by atoms with van der Waals surface area (Å²) < 4.78 is 4.86. The molecule has 1 aromatic carbocycles. The number of rotatable bonds is 4. The fourth-order valence-corrected chi connectivity index (χ4v) is 1.15. The van der Waals surface area contributed by atoms with Crippen molar-refractivity contribution in [1.29, 1.82) is 5.26 Å². The van der Waals surface area contributed by atoms with Gasteiger partial charge in [0.2, 0.25) is 0 Å². The lowest BCUT2D eigenvalue weighted by Gasteiger charge is -2.01. The molecule has 0 amide bonds. The highest BCUT2D eigenvalue weighted by Crippen LogP contribution is 2.13. The third kappa shape index (κ3) is 3.99. The minimum absolute atomic E-state index is 0.0517. The predicted octanol–water partition coefficient (Wildman–Crippen LogP) is 2.25. The second-order valence-corrected chi connectivity index (χ2v) is 3.40. The summed E-state index contributed by atoms with van der Waals surface area (Å²) in [5, 5.41) is 17.9. The van der Waals surface area contributed by atoms with Gasteiger partial charge in [0.25, 0.3) is 0 Å². The largest absolute Gasteiger partial charge is 0.508 e. The van der Waals surface area contributed by atoms with E-state index in [0.717, 1.165) is 0 Å². The van der Waals surface area contributed by atoms with Crippen LogP contribution >= 0.6 is 0 Å². The summed E-state index contributed by atoms with van der Waals surface area (Å²) >= 11 is 0. The molecule has 88 valence electrons. The third-order valence-electron chi connectivity index (χ3n) is 1.98. The molecule has 0 heterocycles. The second kappa shape index (κ2) is 6.33. The first-order chi connectivity index (χ1) is 8.17. The SMILES string of the molecule is CCCOC(=O)/C(C#N)=C/c1ccc(O)cc1. The molecule has 0 fully saturated rings. The van der Waals surface area contributed by atoms with Crippen LogP contribution in [-0.2, 0) is 9.53 Å². The van der Waals surface area contributed by atoms with Crippen LogP contribution in [0.3, 0.4) is 0 Å². The number of esters is 1. The number of carbonyl (C=O) groups is 1. The van der Waals surface area contributed by atoms with Crippen molar-refractivity contribution in [2.24, 2.45) is 0 Å². The Morgan fingerprint density at radius 2 is 2.12 bits per heavy atom. The van der Waals surface area contributed by atoms with Crippen molar-refractivity contribution in [2.45, 2.75) is 13.3 Å². The smallest absolute Gasteiger partial charge is 0.348 e. The van der Waals surface area contributed by atoms with Gasteiger partial charge >= 0.3 is 5.97 Å². The van der Waals surface area contributed by atoms with E-state index in [0.29, 0.717) is 18.6 Å². The van der Waals surface area contributed by atoms with Crippen molar-refractivity contribution in [2.75, 3.05) is 6.61 Å². The minimum Gasteiger partial charge on any atom is -0.508 e. The fraction of sp³-hybridized carbons (Fsp3) is 0.231. The van der Waals surface area contributed by atoms with Gasteiger partial charge in [0.1, 0.15) is 17.4 Å². The predicted molar refractivity (Wildman–Crippen MR) is 62.9 cm³/mol. The van der Waals surface area contributed by atoms with Gasteiger partial charge in [-0.05, 0) is 30.2 Å². The number of ether oxygens (including phenoxy) is 1. The molecule has 0 spiro atoms. The molecule has 0 bridgehead atoms. The summed E-state index contributed by atoms with van der Waals surface area (Å²) in [4.78, 5) is 11.4. The number of benzene rings is 1. The zero-order chi connectivity index (χ0) is 12.7. The van der Waals surface area contributed by atoms with E-state index in [4.69, 9.17) is 15.1 Å². The van der Waals surface area contributed by atoms with Crippen molar-refractivity contribution >= 4 is 12.0 Å². The maximum atomic E-state index is 11.4. The first-order valence-corrected chi connectivity index (χ1v) is 5.25. The molecular weight excluding hydrogens is 218 g/mol. The van der Waals surface area contributed by atoms with Gasteiger partial charge in [0.05, 0.1) is 6.61 Å². The molecule has 0 saturated heterocycles. The quantitative estimate of drug-likeness (QED) is 0.490. The summed E-state index contributed by atoms with van der Waals surface area (Å²) in [5.41, 5.74) is 0.608. The zero-order valence-electron chi connectivity index (χ0n) is 9.51. The fourth-order valence-electron chi connectivity index (χ4n) is 1.15. The van der Waals surface area contributed by atoms with Crippen molar-refractivity contribution in [1.82, 2.24) is 0 Å². The molecule has 1 rings (SSSR count). The molecule has 0 unspecified atom stereocenters. The molecule has 17 heavy (non-hydrogen) atoms. The molecular formula is C13H13NO3. The molecule has 0 aliphatic carbocycles. The van der Waals surface area contributed by atoms with E-state index in [9.17, 15) is 4.79 Å². The molecule has 0 aliphatic rings. The summed E-state index contributed by atoms with van der Waals surface area (Å²) in [6.45, 7) is 2.18. The minimum atomic E-state index is -0.623. The molecule has 4 nitrogen and oxygen atoms in total. The van der Waals surface area contributed by atoms with Crippen LogP contribution in [0, 0.1) is 11.3 Å². The van der Waals surface area contributed by atoms with E-state index >= 15 is 0 Å². The molecule has 0 aromatic heterocycles. The number of carbonyl (C=O) groups excluding carboxylic acids is 1. The topological polar surface area (TPSA) is 70.3 Å². The number of phenolic OH excluding ortho intramolecular Hbond substituents is 1. The summed E-state index contributed by atoms with van der Waals surface area (Å²) in [6, 6.07) is 7.99. The van der Waals surface area contributed by atoms with Crippen LogP contribution < -0.4 is 0 Å². The van der Waals surface area contributed by atoms with E-state index in [1.165, 1.54) is 18.2 Å². The van der Waals surface area contributed by atoms with Crippen LogP contribution in [0.2, 0.25) is 0 Å². The lowest BCUT2D eigenvalue weighted by atomic mass is 10.1. The van der Waals surface area contributed by atoms with Gasteiger partial charge < -0.3 is 9.84 Å². The Labute approximate surface area is 99.8 Å².